The van der Waals surface area contributed by atoms with Crippen molar-refractivity contribution >= 4 is 0 Å². The second-order valence-electron chi connectivity index (χ2n) is 8.33. The summed E-state index contributed by atoms with van der Waals surface area (Å²) in [6.45, 7) is 15.0. The van der Waals surface area contributed by atoms with Gasteiger partial charge < -0.3 is 9.64 Å². The van der Waals surface area contributed by atoms with E-state index in [2.05, 4.69) is 65.6 Å². The number of benzene rings is 1. The van der Waals surface area contributed by atoms with E-state index in [0.29, 0.717) is 0 Å². The molecule has 0 saturated heterocycles. The maximum absolute atomic E-state index is 5.89. The van der Waals surface area contributed by atoms with Crippen LogP contribution in [0.25, 0.3) is 0 Å². The average Bonchev–Trinajstić information content (AvgIpc) is 2.72. The summed E-state index contributed by atoms with van der Waals surface area (Å²) in [7, 11) is 2.12. The highest BCUT2D eigenvalue weighted by Gasteiger charge is 2.09. The van der Waals surface area contributed by atoms with E-state index in [1.807, 2.05) is 18.2 Å². The molecule has 1 aliphatic rings. The number of hydrogen-bond donors (Lipinski definition) is 0. The van der Waals surface area contributed by atoms with Gasteiger partial charge in [0.05, 0.1) is 6.61 Å². The number of rotatable bonds is 10. The van der Waals surface area contributed by atoms with Crippen LogP contribution in [0, 0.1) is 12.8 Å². The van der Waals surface area contributed by atoms with Gasteiger partial charge in [-0.15, -0.1) is 0 Å². The highest BCUT2D eigenvalue weighted by Crippen LogP contribution is 2.24. The fourth-order valence-corrected chi connectivity index (χ4v) is 2.96. The van der Waals surface area contributed by atoms with Gasteiger partial charge in [-0.2, -0.15) is 0 Å². The quantitative estimate of drug-likeness (QED) is 0.287. The highest BCUT2D eigenvalue weighted by atomic mass is 16.5. The molecule has 2 rings (SSSR count). The van der Waals surface area contributed by atoms with Gasteiger partial charge in [0.15, 0.2) is 0 Å². The number of hydrogen-bond acceptors (Lipinski definition) is 2. The lowest BCUT2D eigenvalue weighted by atomic mass is 9.88. The molecule has 0 unspecified atom stereocenters. The third-order valence-corrected chi connectivity index (χ3v) is 5.63. The zero-order valence-electron chi connectivity index (χ0n) is 20.6. The van der Waals surface area contributed by atoms with Gasteiger partial charge >= 0.3 is 0 Å². The molecule has 1 aliphatic carbocycles. The van der Waals surface area contributed by atoms with Crippen LogP contribution in [0.1, 0.15) is 98.0 Å². The van der Waals surface area contributed by atoms with Crippen LogP contribution in [-0.2, 0) is 4.74 Å². The molecule has 0 atom stereocenters. The van der Waals surface area contributed by atoms with Crippen LogP contribution < -0.4 is 0 Å². The third kappa shape index (κ3) is 15.1. The van der Waals surface area contributed by atoms with Gasteiger partial charge in [0.25, 0.3) is 0 Å². The van der Waals surface area contributed by atoms with Crippen LogP contribution in [0.15, 0.2) is 41.8 Å². The van der Waals surface area contributed by atoms with Crippen molar-refractivity contribution in [3.05, 3.63) is 47.4 Å². The van der Waals surface area contributed by atoms with E-state index < -0.39 is 0 Å². The first-order valence-electron chi connectivity index (χ1n) is 12.0. The molecule has 29 heavy (non-hydrogen) atoms. The standard InChI is InChI=1S/C15H31NO.C7H8.C5H10/c1-6-9-10-11-12-13-17-15(7-2)14(4)16(5)8-3;1-7-5-3-2-4-6-7;1-5-3-2-4-5/h6-13H2,1-5H3;2-6H,1H3;5H,2-4H2,1H3/b15-14-;;. The van der Waals surface area contributed by atoms with Gasteiger partial charge in [-0.1, -0.05) is 102 Å². The Hall–Kier alpha value is -1.44. The monoisotopic (exact) mass is 403 g/mol. The molecule has 0 bridgehead atoms. The van der Waals surface area contributed by atoms with Crippen molar-refractivity contribution in [1.29, 1.82) is 0 Å². The van der Waals surface area contributed by atoms with Crippen molar-refractivity contribution in [3.8, 4) is 0 Å². The minimum absolute atomic E-state index is 0.877. The molecular formula is C27H49NO. The molecule has 0 radical (unpaired) electrons. The first-order valence-corrected chi connectivity index (χ1v) is 12.0. The van der Waals surface area contributed by atoms with Crippen molar-refractivity contribution in [3.63, 3.8) is 0 Å². The lowest BCUT2D eigenvalue weighted by molar-refractivity contribution is 0.184. The van der Waals surface area contributed by atoms with Crippen molar-refractivity contribution < 1.29 is 4.74 Å². The van der Waals surface area contributed by atoms with Crippen molar-refractivity contribution in [2.75, 3.05) is 20.2 Å². The average molecular weight is 404 g/mol. The Labute approximate surface area is 182 Å². The molecular weight excluding hydrogens is 354 g/mol. The lowest BCUT2D eigenvalue weighted by Gasteiger charge is -2.21. The molecule has 0 aliphatic heterocycles. The lowest BCUT2D eigenvalue weighted by Crippen LogP contribution is -2.17. The summed E-state index contributed by atoms with van der Waals surface area (Å²) in [6, 6.07) is 10.3. The Morgan fingerprint density at radius 1 is 1.00 bits per heavy atom. The van der Waals surface area contributed by atoms with Crippen LogP contribution in [0.5, 0.6) is 0 Å². The molecule has 0 heterocycles. The van der Waals surface area contributed by atoms with Crippen LogP contribution in [-0.4, -0.2) is 25.1 Å². The first kappa shape index (κ1) is 27.6. The smallest absolute Gasteiger partial charge is 0.114 e. The van der Waals surface area contributed by atoms with E-state index in [0.717, 1.165) is 31.2 Å². The Bertz CT molecular complexity index is 505. The van der Waals surface area contributed by atoms with Crippen molar-refractivity contribution in [2.45, 2.75) is 99.3 Å². The largest absolute Gasteiger partial charge is 0.496 e. The van der Waals surface area contributed by atoms with E-state index in [1.54, 1.807) is 0 Å². The fraction of sp³-hybridized carbons (Fsp3) is 0.704. The summed E-state index contributed by atoms with van der Waals surface area (Å²) in [6.07, 6.45) is 11.9. The minimum atomic E-state index is 0.877. The van der Waals surface area contributed by atoms with Crippen molar-refractivity contribution in [1.82, 2.24) is 4.90 Å². The Morgan fingerprint density at radius 3 is 1.97 bits per heavy atom. The summed E-state index contributed by atoms with van der Waals surface area (Å²) < 4.78 is 5.89. The molecule has 1 saturated carbocycles. The molecule has 0 amide bonds. The van der Waals surface area contributed by atoms with Gasteiger partial charge in [-0.25, -0.2) is 0 Å². The zero-order chi connectivity index (χ0) is 21.9. The normalized spacial score (nSPS) is 13.8. The first-order chi connectivity index (χ1) is 14.0. The third-order valence-electron chi connectivity index (χ3n) is 5.63. The highest BCUT2D eigenvalue weighted by molar-refractivity contribution is 5.11. The van der Waals surface area contributed by atoms with E-state index in [4.69, 9.17) is 4.74 Å². The van der Waals surface area contributed by atoms with Gasteiger partial charge in [-0.05, 0) is 33.1 Å². The number of unbranched alkanes of at least 4 members (excludes halogenated alkanes) is 4. The predicted octanol–water partition coefficient (Wildman–Crippen LogP) is 8.37. The number of aryl methyl sites for hydroxylation is 1. The van der Waals surface area contributed by atoms with Crippen LogP contribution >= 0.6 is 0 Å². The Kier molecular flexibility index (Phi) is 17.7. The summed E-state index contributed by atoms with van der Waals surface area (Å²) in [5.41, 5.74) is 2.60. The fourth-order valence-electron chi connectivity index (χ4n) is 2.96. The maximum Gasteiger partial charge on any atom is 0.114 e. The molecule has 1 fully saturated rings. The summed E-state index contributed by atoms with van der Waals surface area (Å²) in [5.74, 6) is 2.22. The molecule has 1 aromatic carbocycles. The molecule has 1 aromatic rings. The topological polar surface area (TPSA) is 12.5 Å². The van der Waals surface area contributed by atoms with E-state index in [1.165, 1.54) is 62.6 Å². The molecule has 2 nitrogen and oxygen atoms in total. The van der Waals surface area contributed by atoms with Gasteiger partial charge in [0.1, 0.15) is 5.76 Å². The number of allylic oxidation sites excluding steroid dienone is 2. The maximum atomic E-state index is 5.89. The van der Waals surface area contributed by atoms with Crippen LogP contribution in [0.4, 0.5) is 0 Å². The summed E-state index contributed by atoms with van der Waals surface area (Å²) in [5, 5.41) is 0. The zero-order valence-corrected chi connectivity index (χ0v) is 20.6. The van der Waals surface area contributed by atoms with E-state index in [9.17, 15) is 0 Å². The summed E-state index contributed by atoms with van der Waals surface area (Å²) >= 11 is 0. The van der Waals surface area contributed by atoms with E-state index in [-0.39, 0.29) is 0 Å². The van der Waals surface area contributed by atoms with Gasteiger partial charge in [-0.3, -0.25) is 0 Å². The molecule has 2 heteroatoms. The Balaban J connectivity index is 0.000000521. The second kappa shape index (κ2) is 18.6. The van der Waals surface area contributed by atoms with E-state index >= 15 is 0 Å². The van der Waals surface area contributed by atoms with Crippen LogP contribution in [0.2, 0.25) is 0 Å². The SMILES string of the molecule is CC1CCC1.CCCCCCCO/C(CC)=C(/C)N(C)CC.Cc1ccccc1. The van der Waals surface area contributed by atoms with Crippen molar-refractivity contribution in [2.24, 2.45) is 5.92 Å². The van der Waals surface area contributed by atoms with Gasteiger partial charge in [0, 0.05) is 25.7 Å². The van der Waals surface area contributed by atoms with Gasteiger partial charge in [0.2, 0.25) is 0 Å². The molecule has 0 aromatic heterocycles. The summed E-state index contributed by atoms with van der Waals surface area (Å²) in [4.78, 5) is 2.25. The molecule has 0 spiro atoms. The number of nitrogens with zero attached hydrogens (tertiary/aromatic N) is 1. The molecule has 0 N–H and O–H groups in total. The molecule has 168 valence electrons. The van der Waals surface area contributed by atoms with Crippen LogP contribution in [0.3, 0.4) is 0 Å². The second-order valence-corrected chi connectivity index (χ2v) is 8.33. The number of ether oxygens (including phenoxy) is 1. The Morgan fingerprint density at radius 2 is 1.59 bits per heavy atom. The minimum Gasteiger partial charge on any atom is -0.496 e. The predicted molar refractivity (Wildman–Crippen MR) is 130 cm³/mol.